The van der Waals surface area contributed by atoms with Gasteiger partial charge >= 0.3 is 0 Å². The van der Waals surface area contributed by atoms with Crippen molar-refractivity contribution in [2.24, 2.45) is 0 Å². The molecule has 3 aromatic carbocycles. The largest absolute Gasteiger partial charge is 0.457 e. The second-order valence-electron chi connectivity index (χ2n) is 6.16. The van der Waals surface area contributed by atoms with Crippen LogP contribution in [0.2, 0.25) is 5.02 Å². The molecule has 0 unspecified atom stereocenters. The van der Waals surface area contributed by atoms with Gasteiger partial charge in [0.1, 0.15) is 11.5 Å². The number of nitro groups is 1. The molecule has 0 atom stereocenters. The summed E-state index contributed by atoms with van der Waals surface area (Å²) in [6, 6.07) is 19.0. The maximum Gasteiger partial charge on any atom is 0.275 e. The lowest BCUT2D eigenvalue weighted by Crippen LogP contribution is -2.19. The zero-order valence-electron chi connectivity index (χ0n) is 15.5. The Morgan fingerprint density at radius 3 is 2.28 bits per heavy atom. The number of nitrogens with one attached hydrogen (secondary N) is 2. The van der Waals surface area contributed by atoms with Gasteiger partial charge in [0.25, 0.3) is 5.69 Å². The van der Waals surface area contributed by atoms with Crippen molar-refractivity contribution in [3.8, 4) is 11.5 Å². The number of hydrogen-bond acceptors (Lipinski definition) is 4. The van der Waals surface area contributed by atoms with Crippen molar-refractivity contribution in [1.29, 1.82) is 0 Å². The Morgan fingerprint density at radius 2 is 1.66 bits per heavy atom. The highest BCUT2D eigenvalue weighted by Gasteiger charge is 2.12. The van der Waals surface area contributed by atoms with Gasteiger partial charge in [0.05, 0.1) is 16.7 Å². The van der Waals surface area contributed by atoms with Crippen LogP contribution >= 0.6 is 23.8 Å². The van der Waals surface area contributed by atoms with E-state index in [0.717, 1.165) is 12.1 Å². The molecule has 29 heavy (non-hydrogen) atoms. The summed E-state index contributed by atoms with van der Waals surface area (Å²) >= 11 is 11.2. The first-order valence-corrected chi connectivity index (χ1v) is 9.61. The van der Waals surface area contributed by atoms with Crippen LogP contribution in [0, 0.1) is 10.1 Å². The topological polar surface area (TPSA) is 76.4 Å². The highest BCUT2D eigenvalue weighted by atomic mass is 35.5. The van der Waals surface area contributed by atoms with Crippen LogP contribution in [0.3, 0.4) is 0 Å². The van der Waals surface area contributed by atoms with E-state index < -0.39 is 4.92 Å². The molecule has 0 bridgehead atoms. The van der Waals surface area contributed by atoms with E-state index in [1.54, 1.807) is 30.3 Å². The molecule has 0 heterocycles. The van der Waals surface area contributed by atoms with Gasteiger partial charge in [-0.15, -0.1) is 0 Å². The number of nitro benzene ring substituents is 1. The van der Waals surface area contributed by atoms with Crippen LogP contribution in [0.4, 0.5) is 17.1 Å². The van der Waals surface area contributed by atoms with Crippen LogP contribution in [-0.4, -0.2) is 10.0 Å². The summed E-state index contributed by atoms with van der Waals surface area (Å²) in [6.45, 7) is 2.08. The summed E-state index contributed by atoms with van der Waals surface area (Å²) in [4.78, 5) is 10.8. The minimum atomic E-state index is -0.486. The summed E-state index contributed by atoms with van der Waals surface area (Å²) < 4.78 is 5.72. The number of anilines is 2. The van der Waals surface area contributed by atoms with Gasteiger partial charge in [0.2, 0.25) is 0 Å². The molecule has 3 aromatic rings. The fraction of sp³-hybridized carbons (Fsp3) is 0.0952. The number of non-ortho nitro benzene ring substituents is 1. The average molecular weight is 428 g/mol. The average Bonchev–Trinajstić information content (AvgIpc) is 2.70. The monoisotopic (exact) mass is 427 g/mol. The zero-order chi connectivity index (χ0) is 20.8. The fourth-order valence-electron chi connectivity index (χ4n) is 2.58. The molecule has 0 spiro atoms. The van der Waals surface area contributed by atoms with Crippen molar-refractivity contribution in [1.82, 2.24) is 0 Å². The fourth-order valence-corrected chi connectivity index (χ4v) is 2.94. The van der Waals surface area contributed by atoms with Crippen molar-refractivity contribution < 1.29 is 9.66 Å². The Kier molecular flexibility index (Phi) is 6.64. The smallest absolute Gasteiger partial charge is 0.275 e. The molecule has 0 saturated heterocycles. The lowest BCUT2D eigenvalue weighted by Gasteiger charge is -2.12. The first-order valence-electron chi connectivity index (χ1n) is 8.83. The number of hydrogen-bond donors (Lipinski definition) is 2. The van der Waals surface area contributed by atoms with Gasteiger partial charge in [-0.25, -0.2) is 0 Å². The quantitative estimate of drug-likeness (QED) is 0.269. The molecule has 0 amide bonds. The molecular formula is C21H18ClN3O3S. The molecule has 0 fully saturated rings. The predicted octanol–water partition coefficient (Wildman–Crippen LogP) is 6.41. The molecule has 0 aliphatic heterocycles. The number of ether oxygens (including phenoxy) is 1. The predicted molar refractivity (Wildman–Crippen MR) is 120 cm³/mol. The maximum absolute atomic E-state index is 11.3. The van der Waals surface area contributed by atoms with Crippen molar-refractivity contribution in [2.45, 2.75) is 13.3 Å². The molecule has 2 N–H and O–H groups in total. The van der Waals surface area contributed by atoms with Crippen LogP contribution < -0.4 is 15.4 Å². The van der Waals surface area contributed by atoms with Crippen LogP contribution in [0.25, 0.3) is 0 Å². The first kappa shape index (κ1) is 20.6. The van der Waals surface area contributed by atoms with Gasteiger partial charge in [-0.1, -0.05) is 30.7 Å². The number of nitrogens with zero attached hydrogens (tertiary/aromatic N) is 1. The van der Waals surface area contributed by atoms with Crippen LogP contribution in [0.15, 0.2) is 66.7 Å². The Balaban J connectivity index is 1.76. The standard InChI is InChI=1S/C21H18ClN3O3S/c1-2-14-3-7-16(8-4-14)23-21(29)24-17-11-18(25(26)27)13-20(12-17)28-19-9-5-15(22)6-10-19/h3-13H,2H2,1H3,(H2,23,24,29). The van der Waals surface area contributed by atoms with E-state index in [1.807, 2.05) is 24.3 Å². The Hall–Kier alpha value is -3.16. The van der Waals surface area contributed by atoms with E-state index in [-0.39, 0.29) is 5.69 Å². The number of thiocarbonyl (C=S) groups is 1. The van der Waals surface area contributed by atoms with E-state index in [9.17, 15) is 10.1 Å². The SMILES string of the molecule is CCc1ccc(NC(=S)Nc2cc(Oc3ccc(Cl)cc3)cc([N+](=O)[O-])c2)cc1. The highest BCUT2D eigenvalue weighted by Crippen LogP contribution is 2.30. The molecular weight excluding hydrogens is 410 g/mol. The summed E-state index contributed by atoms with van der Waals surface area (Å²) in [7, 11) is 0. The Morgan fingerprint density at radius 1 is 1.00 bits per heavy atom. The van der Waals surface area contributed by atoms with E-state index in [0.29, 0.717) is 27.3 Å². The third kappa shape index (κ3) is 5.91. The van der Waals surface area contributed by atoms with Gasteiger partial charge in [-0.3, -0.25) is 10.1 Å². The van der Waals surface area contributed by atoms with Gasteiger partial charge < -0.3 is 15.4 Å². The lowest BCUT2D eigenvalue weighted by atomic mass is 10.1. The minimum absolute atomic E-state index is 0.117. The van der Waals surface area contributed by atoms with Crippen molar-refractivity contribution in [2.75, 3.05) is 10.6 Å². The molecule has 0 radical (unpaired) electrons. The number of benzene rings is 3. The molecule has 3 rings (SSSR count). The summed E-state index contributed by atoms with van der Waals surface area (Å²) in [6.07, 6.45) is 0.951. The van der Waals surface area contributed by atoms with Gasteiger partial charge in [-0.05, 0) is 60.6 Å². The molecule has 6 nitrogen and oxygen atoms in total. The molecule has 148 valence electrons. The van der Waals surface area contributed by atoms with E-state index in [2.05, 4.69) is 17.6 Å². The molecule has 8 heteroatoms. The van der Waals surface area contributed by atoms with Gasteiger partial charge in [0, 0.05) is 22.8 Å². The van der Waals surface area contributed by atoms with E-state index in [4.69, 9.17) is 28.6 Å². The highest BCUT2D eigenvalue weighted by molar-refractivity contribution is 7.80. The summed E-state index contributed by atoms with van der Waals surface area (Å²) in [5.74, 6) is 0.816. The maximum atomic E-state index is 11.3. The van der Waals surface area contributed by atoms with Crippen LogP contribution in [-0.2, 0) is 6.42 Å². The van der Waals surface area contributed by atoms with E-state index >= 15 is 0 Å². The first-order chi connectivity index (χ1) is 13.9. The van der Waals surface area contributed by atoms with Crippen LogP contribution in [0.1, 0.15) is 12.5 Å². The van der Waals surface area contributed by atoms with Crippen molar-refractivity contribution >= 4 is 46.0 Å². The van der Waals surface area contributed by atoms with Crippen molar-refractivity contribution in [3.05, 3.63) is 87.4 Å². The summed E-state index contributed by atoms with van der Waals surface area (Å²) in [5.41, 5.74) is 2.36. The Labute approximate surface area is 178 Å². The third-order valence-electron chi connectivity index (χ3n) is 4.03. The zero-order valence-corrected chi connectivity index (χ0v) is 17.1. The second-order valence-corrected chi connectivity index (χ2v) is 7.00. The van der Waals surface area contributed by atoms with E-state index in [1.165, 1.54) is 17.7 Å². The van der Waals surface area contributed by atoms with Crippen LogP contribution in [0.5, 0.6) is 11.5 Å². The number of halogens is 1. The normalized spacial score (nSPS) is 10.3. The number of aryl methyl sites for hydroxylation is 1. The Bertz CT molecular complexity index is 1020. The minimum Gasteiger partial charge on any atom is -0.457 e. The number of rotatable bonds is 6. The summed E-state index contributed by atoms with van der Waals surface area (Å²) in [5, 5.41) is 18.2. The molecule has 0 aliphatic carbocycles. The van der Waals surface area contributed by atoms with Gasteiger partial charge in [-0.2, -0.15) is 0 Å². The van der Waals surface area contributed by atoms with Crippen molar-refractivity contribution in [3.63, 3.8) is 0 Å². The molecule has 0 aliphatic rings. The molecule has 0 saturated carbocycles. The lowest BCUT2D eigenvalue weighted by molar-refractivity contribution is -0.384. The molecule has 0 aromatic heterocycles. The van der Waals surface area contributed by atoms with Gasteiger partial charge in [0.15, 0.2) is 5.11 Å². The third-order valence-corrected chi connectivity index (χ3v) is 4.49. The second kappa shape index (κ2) is 9.36.